The van der Waals surface area contributed by atoms with Crippen LogP contribution in [-0.2, 0) is 0 Å². The smallest absolute Gasteiger partial charge is 0.0241 e. The van der Waals surface area contributed by atoms with Crippen molar-refractivity contribution in [3.63, 3.8) is 0 Å². The lowest BCUT2D eigenvalue weighted by Gasteiger charge is -2.36. The summed E-state index contributed by atoms with van der Waals surface area (Å²) >= 11 is 0. The quantitative estimate of drug-likeness (QED) is 0.711. The minimum Gasteiger partial charge on any atom is -0.329 e. The zero-order chi connectivity index (χ0) is 10.6. The van der Waals surface area contributed by atoms with Crippen LogP contribution >= 0.6 is 0 Å². The van der Waals surface area contributed by atoms with Crippen molar-refractivity contribution < 1.29 is 0 Å². The first kappa shape index (κ1) is 12.9. The van der Waals surface area contributed by atoms with Crippen molar-refractivity contribution in [3.05, 3.63) is 0 Å². The van der Waals surface area contributed by atoms with Crippen molar-refractivity contribution >= 4 is 0 Å². The van der Waals surface area contributed by atoms with Crippen molar-refractivity contribution in [2.24, 2.45) is 17.6 Å². The molecule has 2 N–H and O–H groups in total. The number of nitrogens with two attached hydrogens (primary N) is 1. The topological polar surface area (TPSA) is 29.3 Å². The average molecular weight is 186 g/mol. The van der Waals surface area contributed by atoms with Crippen molar-refractivity contribution in [2.45, 2.75) is 46.7 Å². The Bertz CT molecular complexity index is 132. The molecule has 80 valence electrons. The van der Waals surface area contributed by atoms with Gasteiger partial charge in [-0.05, 0) is 25.8 Å². The van der Waals surface area contributed by atoms with Crippen LogP contribution in [0, 0.1) is 11.8 Å². The van der Waals surface area contributed by atoms with Crippen LogP contribution in [0.5, 0.6) is 0 Å². The molecule has 0 aromatic rings. The molecule has 0 radical (unpaired) electrons. The van der Waals surface area contributed by atoms with Gasteiger partial charge in [0.05, 0.1) is 0 Å². The van der Waals surface area contributed by atoms with Crippen molar-refractivity contribution in [1.29, 1.82) is 0 Å². The summed E-state index contributed by atoms with van der Waals surface area (Å²) in [5, 5.41) is 0. The highest BCUT2D eigenvalue weighted by Gasteiger charge is 2.22. The number of rotatable bonds is 5. The van der Waals surface area contributed by atoms with Crippen molar-refractivity contribution in [1.82, 2.24) is 4.90 Å². The molecule has 2 nitrogen and oxygen atoms in total. The average Bonchev–Trinajstić information content (AvgIpc) is 2.03. The van der Waals surface area contributed by atoms with Crippen LogP contribution in [0.2, 0.25) is 0 Å². The predicted molar refractivity (Wildman–Crippen MR) is 59.7 cm³/mol. The highest BCUT2D eigenvalue weighted by atomic mass is 15.2. The molecule has 0 aromatic heterocycles. The van der Waals surface area contributed by atoms with E-state index >= 15 is 0 Å². The monoisotopic (exact) mass is 186 g/mol. The maximum absolute atomic E-state index is 5.77. The first-order valence-corrected chi connectivity index (χ1v) is 5.33. The fourth-order valence-corrected chi connectivity index (χ4v) is 1.68. The number of hydrogen-bond acceptors (Lipinski definition) is 2. The van der Waals surface area contributed by atoms with E-state index < -0.39 is 0 Å². The Morgan fingerprint density at radius 1 is 1.00 bits per heavy atom. The zero-order valence-corrected chi connectivity index (χ0v) is 10.0. The highest BCUT2D eigenvalue weighted by Crippen LogP contribution is 2.15. The molecular formula is C11H26N2. The molecule has 0 aliphatic heterocycles. The molecule has 2 unspecified atom stereocenters. The Morgan fingerprint density at radius 2 is 1.46 bits per heavy atom. The molecular weight excluding hydrogens is 160 g/mol. The molecule has 2 atom stereocenters. The van der Waals surface area contributed by atoms with Crippen molar-refractivity contribution in [3.8, 4) is 0 Å². The van der Waals surface area contributed by atoms with E-state index in [2.05, 4.69) is 46.6 Å². The zero-order valence-electron chi connectivity index (χ0n) is 10.0. The maximum Gasteiger partial charge on any atom is 0.0241 e. The molecule has 0 spiro atoms. The second kappa shape index (κ2) is 5.61. The van der Waals surface area contributed by atoms with Crippen LogP contribution in [0.1, 0.15) is 34.6 Å². The first-order valence-electron chi connectivity index (χ1n) is 5.33. The molecule has 0 saturated carbocycles. The molecule has 0 saturated heterocycles. The second-order valence-corrected chi connectivity index (χ2v) is 4.70. The van der Waals surface area contributed by atoms with Crippen molar-refractivity contribution in [2.75, 3.05) is 13.6 Å². The van der Waals surface area contributed by atoms with E-state index in [1.54, 1.807) is 0 Å². The predicted octanol–water partition coefficient (Wildman–Crippen LogP) is 1.95. The summed E-state index contributed by atoms with van der Waals surface area (Å²) < 4.78 is 0. The molecule has 0 aromatic carbocycles. The molecule has 13 heavy (non-hydrogen) atoms. The number of likely N-dealkylation sites (N-methyl/N-ethyl adjacent to an activating group) is 1. The third-order valence-corrected chi connectivity index (χ3v) is 3.14. The summed E-state index contributed by atoms with van der Waals surface area (Å²) in [6.45, 7) is 12.0. The fourth-order valence-electron chi connectivity index (χ4n) is 1.68. The Kier molecular flexibility index (Phi) is 5.57. The van der Waals surface area contributed by atoms with Crippen LogP contribution in [0.3, 0.4) is 0 Å². The fraction of sp³-hybridized carbons (Fsp3) is 1.00. The number of hydrogen-bond donors (Lipinski definition) is 1. The molecule has 0 heterocycles. The van der Waals surface area contributed by atoms with Gasteiger partial charge in [0.1, 0.15) is 0 Å². The van der Waals surface area contributed by atoms with Crippen LogP contribution in [-0.4, -0.2) is 30.6 Å². The summed E-state index contributed by atoms with van der Waals surface area (Å²) in [6, 6.07) is 1.12. The summed E-state index contributed by atoms with van der Waals surface area (Å²) in [6.07, 6.45) is 0. The SMILES string of the molecule is CC(C)C(C)N(C)C(CN)C(C)C. The van der Waals surface area contributed by atoms with E-state index in [4.69, 9.17) is 5.73 Å². The summed E-state index contributed by atoms with van der Waals surface area (Å²) in [5.74, 6) is 1.33. The highest BCUT2D eigenvalue weighted by molar-refractivity contribution is 4.78. The Morgan fingerprint density at radius 3 is 1.69 bits per heavy atom. The Labute approximate surface area is 83.5 Å². The Hall–Kier alpha value is -0.0800. The third kappa shape index (κ3) is 3.65. The first-order chi connectivity index (χ1) is 5.91. The lowest BCUT2D eigenvalue weighted by atomic mass is 9.97. The van der Waals surface area contributed by atoms with Gasteiger partial charge in [-0.2, -0.15) is 0 Å². The van der Waals surface area contributed by atoms with E-state index in [0.717, 1.165) is 6.54 Å². The van der Waals surface area contributed by atoms with E-state index in [1.807, 2.05) is 0 Å². The van der Waals surface area contributed by atoms with Gasteiger partial charge >= 0.3 is 0 Å². The van der Waals surface area contributed by atoms with Gasteiger partial charge in [0.25, 0.3) is 0 Å². The van der Waals surface area contributed by atoms with Gasteiger partial charge in [-0.25, -0.2) is 0 Å². The van der Waals surface area contributed by atoms with Gasteiger partial charge in [-0.3, -0.25) is 4.90 Å². The van der Waals surface area contributed by atoms with E-state index in [-0.39, 0.29) is 0 Å². The van der Waals surface area contributed by atoms with Crippen LogP contribution in [0.15, 0.2) is 0 Å². The molecule has 0 rings (SSSR count). The summed E-state index contributed by atoms with van der Waals surface area (Å²) in [5.41, 5.74) is 5.77. The van der Waals surface area contributed by atoms with Crippen LogP contribution < -0.4 is 5.73 Å². The molecule has 0 bridgehead atoms. The standard InChI is InChI=1S/C11H26N2/c1-8(2)10(5)13(6)11(7-12)9(3)4/h8-11H,7,12H2,1-6H3. The minimum atomic E-state index is 0.511. The lowest BCUT2D eigenvalue weighted by Crippen LogP contribution is -2.47. The third-order valence-electron chi connectivity index (χ3n) is 3.14. The van der Waals surface area contributed by atoms with Gasteiger partial charge in [0, 0.05) is 18.6 Å². The normalized spacial score (nSPS) is 17.1. The van der Waals surface area contributed by atoms with Gasteiger partial charge in [0.2, 0.25) is 0 Å². The number of nitrogens with zero attached hydrogens (tertiary/aromatic N) is 1. The van der Waals surface area contributed by atoms with E-state index in [9.17, 15) is 0 Å². The van der Waals surface area contributed by atoms with Gasteiger partial charge < -0.3 is 5.73 Å². The maximum atomic E-state index is 5.77. The summed E-state index contributed by atoms with van der Waals surface area (Å²) in [4.78, 5) is 2.41. The summed E-state index contributed by atoms with van der Waals surface area (Å²) in [7, 11) is 2.18. The Balaban J connectivity index is 4.27. The molecule has 0 amide bonds. The van der Waals surface area contributed by atoms with Gasteiger partial charge in [-0.1, -0.05) is 27.7 Å². The van der Waals surface area contributed by atoms with E-state index in [1.165, 1.54) is 0 Å². The van der Waals surface area contributed by atoms with Crippen LogP contribution in [0.4, 0.5) is 0 Å². The van der Waals surface area contributed by atoms with Gasteiger partial charge in [-0.15, -0.1) is 0 Å². The van der Waals surface area contributed by atoms with Gasteiger partial charge in [0.15, 0.2) is 0 Å². The lowest BCUT2D eigenvalue weighted by molar-refractivity contribution is 0.121. The van der Waals surface area contributed by atoms with Crippen LogP contribution in [0.25, 0.3) is 0 Å². The molecule has 0 fully saturated rings. The molecule has 0 aliphatic carbocycles. The molecule has 0 aliphatic rings. The second-order valence-electron chi connectivity index (χ2n) is 4.70. The largest absolute Gasteiger partial charge is 0.329 e. The van der Waals surface area contributed by atoms with E-state index in [0.29, 0.717) is 23.9 Å². The molecule has 2 heteroatoms. The minimum absolute atomic E-state index is 0.511.